The number of carbonyl (C=O) groups excluding carboxylic acids is 1. The Morgan fingerprint density at radius 2 is 2.06 bits per heavy atom. The van der Waals surface area contributed by atoms with Gasteiger partial charge in [0.15, 0.2) is 6.10 Å². The molecule has 0 saturated carbocycles. The molecule has 2 atom stereocenters. The second kappa shape index (κ2) is 6.86. The summed E-state index contributed by atoms with van der Waals surface area (Å²) in [6.07, 6.45) is 1.72. The van der Waals surface area contributed by atoms with Crippen LogP contribution in [0.15, 0.2) is 43.0 Å². The van der Waals surface area contributed by atoms with Crippen LogP contribution in [0.3, 0.4) is 0 Å². The summed E-state index contributed by atoms with van der Waals surface area (Å²) in [5, 5.41) is 0. The average Bonchev–Trinajstić information content (AvgIpc) is 2.36. The molecule has 0 radical (unpaired) electrons. The minimum absolute atomic E-state index is 0.0724. The third-order valence-corrected chi connectivity index (χ3v) is 2.38. The summed E-state index contributed by atoms with van der Waals surface area (Å²) in [7, 11) is 1.36. The first-order valence-corrected chi connectivity index (χ1v) is 5.58. The number of benzene rings is 1. The highest BCUT2D eigenvalue weighted by molar-refractivity contribution is 5.76. The summed E-state index contributed by atoms with van der Waals surface area (Å²) < 4.78 is 10.4. The first-order chi connectivity index (χ1) is 8.19. The standard InChI is InChI=1S/C14H18O3/c1-4-8-11(2)17-13(14(15)16-3)12-9-6-5-7-10-12/h4-7,9-11,13H,1,8H2,2-3H3/t11?,13-/m1/s1. The van der Waals surface area contributed by atoms with E-state index in [9.17, 15) is 4.79 Å². The van der Waals surface area contributed by atoms with Crippen LogP contribution in [0.1, 0.15) is 25.0 Å². The van der Waals surface area contributed by atoms with Crippen LogP contribution in [0.2, 0.25) is 0 Å². The Labute approximate surface area is 102 Å². The molecule has 1 aromatic rings. The highest BCUT2D eigenvalue weighted by Gasteiger charge is 2.23. The zero-order valence-corrected chi connectivity index (χ0v) is 10.3. The van der Waals surface area contributed by atoms with Gasteiger partial charge in [0.25, 0.3) is 0 Å². The van der Waals surface area contributed by atoms with E-state index in [1.807, 2.05) is 37.3 Å². The highest BCUT2D eigenvalue weighted by atomic mass is 16.6. The van der Waals surface area contributed by atoms with Crippen molar-refractivity contribution in [1.82, 2.24) is 0 Å². The molecule has 92 valence electrons. The molecule has 0 spiro atoms. The van der Waals surface area contributed by atoms with Gasteiger partial charge in [0.2, 0.25) is 0 Å². The van der Waals surface area contributed by atoms with Gasteiger partial charge in [-0.1, -0.05) is 36.4 Å². The number of methoxy groups -OCH3 is 1. The summed E-state index contributed by atoms with van der Waals surface area (Å²) in [4.78, 5) is 11.7. The van der Waals surface area contributed by atoms with Crippen LogP contribution < -0.4 is 0 Å². The summed E-state index contributed by atoms with van der Waals surface area (Å²) in [5.74, 6) is -0.382. The van der Waals surface area contributed by atoms with E-state index in [1.165, 1.54) is 7.11 Å². The van der Waals surface area contributed by atoms with Crippen molar-refractivity contribution >= 4 is 5.97 Å². The van der Waals surface area contributed by atoms with Gasteiger partial charge in [-0.15, -0.1) is 6.58 Å². The summed E-state index contributed by atoms with van der Waals surface area (Å²) in [5.41, 5.74) is 0.801. The van der Waals surface area contributed by atoms with Crippen molar-refractivity contribution in [3.05, 3.63) is 48.6 Å². The zero-order valence-electron chi connectivity index (χ0n) is 10.3. The van der Waals surface area contributed by atoms with Gasteiger partial charge in [0, 0.05) is 0 Å². The molecule has 0 bridgehead atoms. The Morgan fingerprint density at radius 3 is 2.59 bits per heavy atom. The molecule has 17 heavy (non-hydrogen) atoms. The van der Waals surface area contributed by atoms with Gasteiger partial charge in [-0.3, -0.25) is 0 Å². The van der Waals surface area contributed by atoms with Crippen LogP contribution in [0.4, 0.5) is 0 Å². The SMILES string of the molecule is C=CCC(C)O[C@@H](C(=O)OC)c1ccccc1. The predicted octanol–water partition coefficient (Wildman–Crippen LogP) is 2.88. The van der Waals surface area contributed by atoms with E-state index in [1.54, 1.807) is 6.08 Å². The maximum absolute atomic E-state index is 11.7. The minimum Gasteiger partial charge on any atom is -0.467 e. The quantitative estimate of drug-likeness (QED) is 0.561. The molecule has 0 aliphatic rings. The van der Waals surface area contributed by atoms with Gasteiger partial charge in [-0.25, -0.2) is 4.79 Å². The normalized spacial score (nSPS) is 13.8. The molecule has 0 amide bonds. The molecule has 3 nitrogen and oxygen atoms in total. The number of hydrogen-bond acceptors (Lipinski definition) is 3. The summed E-state index contributed by atoms with van der Waals surface area (Å²) in [6.45, 7) is 5.55. The van der Waals surface area contributed by atoms with E-state index in [0.29, 0.717) is 6.42 Å². The van der Waals surface area contributed by atoms with Gasteiger partial charge in [-0.05, 0) is 18.9 Å². The van der Waals surface area contributed by atoms with E-state index >= 15 is 0 Å². The van der Waals surface area contributed by atoms with Crippen molar-refractivity contribution in [2.45, 2.75) is 25.6 Å². The van der Waals surface area contributed by atoms with Crippen LogP contribution in [-0.4, -0.2) is 19.2 Å². The number of esters is 1. The Morgan fingerprint density at radius 1 is 1.41 bits per heavy atom. The van der Waals surface area contributed by atoms with E-state index in [4.69, 9.17) is 9.47 Å². The van der Waals surface area contributed by atoms with E-state index in [2.05, 4.69) is 6.58 Å². The molecular weight excluding hydrogens is 216 g/mol. The Kier molecular flexibility index (Phi) is 5.43. The number of hydrogen-bond donors (Lipinski definition) is 0. The van der Waals surface area contributed by atoms with Crippen molar-refractivity contribution in [3.63, 3.8) is 0 Å². The fourth-order valence-electron chi connectivity index (χ4n) is 1.53. The van der Waals surface area contributed by atoms with Crippen molar-refractivity contribution < 1.29 is 14.3 Å². The lowest BCUT2D eigenvalue weighted by molar-refractivity contribution is -0.158. The third-order valence-electron chi connectivity index (χ3n) is 2.38. The van der Waals surface area contributed by atoms with Gasteiger partial charge in [0.1, 0.15) is 0 Å². The topological polar surface area (TPSA) is 35.5 Å². The van der Waals surface area contributed by atoms with Crippen LogP contribution in [-0.2, 0) is 14.3 Å². The second-order valence-electron chi connectivity index (χ2n) is 3.78. The lowest BCUT2D eigenvalue weighted by atomic mass is 10.1. The van der Waals surface area contributed by atoms with Crippen molar-refractivity contribution in [3.8, 4) is 0 Å². The second-order valence-corrected chi connectivity index (χ2v) is 3.78. The molecule has 0 aliphatic carbocycles. The highest BCUT2D eigenvalue weighted by Crippen LogP contribution is 2.21. The van der Waals surface area contributed by atoms with Crippen LogP contribution in [0.5, 0.6) is 0 Å². The van der Waals surface area contributed by atoms with Crippen LogP contribution in [0.25, 0.3) is 0 Å². The maximum Gasteiger partial charge on any atom is 0.339 e. The molecule has 0 fully saturated rings. The molecule has 0 aliphatic heterocycles. The summed E-state index contributed by atoms with van der Waals surface area (Å²) >= 11 is 0. The summed E-state index contributed by atoms with van der Waals surface area (Å²) in [6, 6.07) is 9.33. The molecule has 1 rings (SSSR count). The van der Waals surface area contributed by atoms with Crippen molar-refractivity contribution in [2.75, 3.05) is 7.11 Å². The molecule has 1 unspecified atom stereocenters. The predicted molar refractivity (Wildman–Crippen MR) is 66.6 cm³/mol. The van der Waals surface area contributed by atoms with Crippen molar-refractivity contribution in [1.29, 1.82) is 0 Å². The Balaban J connectivity index is 2.81. The van der Waals surface area contributed by atoms with E-state index < -0.39 is 6.10 Å². The number of rotatable bonds is 6. The Hall–Kier alpha value is -1.61. The first-order valence-electron chi connectivity index (χ1n) is 5.58. The monoisotopic (exact) mass is 234 g/mol. The van der Waals surface area contributed by atoms with Gasteiger partial charge in [-0.2, -0.15) is 0 Å². The molecule has 1 aromatic carbocycles. The molecule has 3 heteroatoms. The number of ether oxygens (including phenoxy) is 2. The fraction of sp³-hybridized carbons (Fsp3) is 0.357. The molecule has 0 N–H and O–H groups in total. The van der Waals surface area contributed by atoms with Gasteiger partial charge >= 0.3 is 5.97 Å². The first kappa shape index (κ1) is 13.5. The van der Waals surface area contributed by atoms with Crippen LogP contribution >= 0.6 is 0 Å². The maximum atomic E-state index is 11.7. The third kappa shape index (κ3) is 4.04. The lowest BCUT2D eigenvalue weighted by Crippen LogP contribution is -2.22. The van der Waals surface area contributed by atoms with Crippen molar-refractivity contribution in [2.24, 2.45) is 0 Å². The Bertz CT molecular complexity index is 359. The van der Waals surface area contributed by atoms with Crippen LogP contribution in [0, 0.1) is 0 Å². The van der Waals surface area contributed by atoms with Gasteiger partial charge in [0.05, 0.1) is 13.2 Å². The molecule has 0 heterocycles. The van der Waals surface area contributed by atoms with E-state index in [-0.39, 0.29) is 12.1 Å². The van der Waals surface area contributed by atoms with Gasteiger partial charge < -0.3 is 9.47 Å². The fourth-order valence-corrected chi connectivity index (χ4v) is 1.53. The zero-order chi connectivity index (χ0) is 12.7. The smallest absolute Gasteiger partial charge is 0.339 e. The van der Waals surface area contributed by atoms with E-state index in [0.717, 1.165) is 5.56 Å². The average molecular weight is 234 g/mol. The minimum atomic E-state index is -0.670. The largest absolute Gasteiger partial charge is 0.467 e. The molecule has 0 aromatic heterocycles. The lowest BCUT2D eigenvalue weighted by Gasteiger charge is -2.20. The number of carbonyl (C=O) groups is 1. The molecule has 0 saturated heterocycles. The molecular formula is C14H18O3.